The Kier molecular flexibility index (Phi) is 6.53. The van der Waals surface area contributed by atoms with Crippen LogP contribution in [0.1, 0.15) is 28.3 Å². The van der Waals surface area contributed by atoms with E-state index in [0.717, 1.165) is 25.1 Å². The number of ether oxygens (including phenoxy) is 1. The van der Waals surface area contributed by atoms with Gasteiger partial charge in [-0.15, -0.1) is 0 Å². The van der Waals surface area contributed by atoms with E-state index in [1.54, 1.807) is 30.6 Å². The Morgan fingerprint density at radius 1 is 1.13 bits per heavy atom. The number of hydrogen-bond donors (Lipinski definition) is 1. The fourth-order valence-corrected chi connectivity index (χ4v) is 5.78. The summed E-state index contributed by atoms with van der Waals surface area (Å²) in [5, 5.41) is 4.16. The minimum Gasteiger partial charge on any atom is -0.497 e. The van der Waals surface area contributed by atoms with Gasteiger partial charge < -0.3 is 4.74 Å². The Bertz CT molecular complexity index is 1080. The maximum atomic E-state index is 12.8. The third kappa shape index (κ3) is 5.10. The van der Waals surface area contributed by atoms with E-state index in [1.807, 2.05) is 17.5 Å². The van der Waals surface area contributed by atoms with E-state index in [0.29, 0.717) is 17.9 Å². The van der Waals surface area contributed by atoms with Gasteiger partial charge in [-0.05, 0) is 57.6 Å². The molecule has 4 rings (SSSR count). The minimum absolute atomic E-state index is 0.00434. The molecule has 1 atom stereocenters. The molecule has 0 radical (unpaired) electrons. The molecule has 1 N–H and O–H groups in total. The molecule has 1 aromatic heterocycles. The van der Waals surface area contributed by atoms with Crippen molar-refractivity contribution in [3.8, 4) is 5.75 Å². The van der Waals surface area contributed by atoms with Gasteiger partial charge in [-0.3, -0.25) is 4.90 Å². The van der Waals surface area contributed by atoms with E-state index in [-0.39, 0.29) is 11.8 Å². The number of hydrogen-bond acceptors (Lipinski definition) is 5. The summed E-state index contributed by atoms with van der Waals surface area (Å²) >= 11 is 1.64. The van der Waals surface area contributed by atoms with Gasteiger partial charge in [0.25, 0.3) is 0 Å². The van der Waals surface area contributed by atoms with Gasteiger partial charge >= 0.3 is 0 Å². The van der Waals surface area contributed by atoms with Crippen molar-refractivity contribution in [2.75, 3.05) is 20.2 Å². The highest BCUT2D eigenvalue weighted by atomic mass is 32.2. The lowest BCUT2D eigenvalue weighted by atomic mass is 9.97. The second-order valence-electron chi connectivity index (χ2n) is 7.52. The Labute approximate surface area is 182 Å². The van der Waals surface area contributed by atoms with E-state index < -0.39 is 10.0 Å². The zero-order valence-corrected chi connectivity index (χ0v) is 18.6. The first-order valence-electron chi connectivity index (χ1n) is 9.97. The van der Waals surface area contributed by atoms with Crippen molar-refractivity contribution in [3.63, 3.8) is 0 Å². The normalized spacial score (nSPS) is 15.5. The first-order chi connectivity index (χ1) is 14.5. The number of nitrogens with one attached hydrogen (secondary N) is 1. The van der Waals surface area contributed by atoms with Gasteiger partial charge in [0.15, 0.2) is 0 Å². The van der Waals surface area contributed by atoms with Crippen molar-refractivity contribution in [1.82, 2.24) is 9.62 Å². The molecular weight excluding hydrogens is 416 g/mol. The van der Waals surface area contributed by atoms with Crippen LogP contribution in [-0.2, 0) is 28.7 Å². The van der Waals surface area contributed by atoms with Gasteiger partial charge in [-0.25, -0.2) is 13.1 Å². The number of thiophene rings is 1. The molecule has 0 bridgehead atoms. The third-order valence-corrected chi connectivity index (χ3v) is 7.54. The van der Waals surface area contributed by atoms with Crippen molar-refractivity contribution in [2.24, 2.45) is 0 Å². The van der Waals surface area contributed by atoms with Crippen LogP contribution in [0.15, 0.2) is 65.4 Å². The van der Waals surface area contributed by atoms with Crippen LogP contribution >= 0.6 is 11.3 Å². The predicted octanol–water partition coefficient (Wildman–Crippen LogP) is 3.98. The Balaban J connectivity index is 1.48. The number of rotatable bonds is 8. The van der Waals surface area contributed by atoms with Gasteiger partial charge in [0.1, 0.15) is 5.75 Å². The molecule has 30 heavy (non-hydrogen) atoms. The molecule has 0 fully saturated rings. The van der Waals surface area contributed by atoms with Crippen molar-refractivity contribution >= 4 is 21.4 Å². The maximum absolute atomic E-state index is 12.8. The summed E-state index contributed by atoms with van der Waals surface area (Å²) in [6.45, 7) is 2.09. The molecule has 1 aliphatic heterocycles. The number of sulfonamides is 1. The SMILES string of the molecule is COc1cccc(CS(=O)(=O)NCC(c2ccsc2)N2CCc3ccccc3C2)c1. The van der Waals surface area contributed by atoms with Crippen LogP contribution in [0.3, 0.4) is 0 Å². The summed E-state index contributed by atoms with van der Waals surface area (Å²) in [6, 6.07) is 17.8. The average molecular weight is 443 g/mol. The molecule has 2 heterocycles. The van der Waals surface area contributed by atoms with Crippen LogP contribution in [-0.4, -0.2) is 33.5 Å². The van der Waals surface area contributed by atoms with E-state index in [9.17, 15) is 8.42 Å². The second-order valence-corrected chi connectivity index (χ2v) is 10.1. The second kappa shape index (κ2) is 9.31. The molecular formula is C23H26N2O3S2. The molecule has 0 spiro atoms. The zero-order chi connectivity index (χ0) is 21.0. The molecule has 0 saturated heterocycles. The molecule has 158 valence electrons. The molecule has 0 amide bonds. The molecule has 0 saturated carbocycles. The van der Waals surface area contributed by atoms with Crippen molar-refractivity contribution in [3.05, 3.63) is 87.6 Å². The Morgan fingerprint density at radius 2 is 1.97 bits per heavy atom. The number of benzene rings is 2. The summed E-state index contributed by atoms with van der Waals surface area (Å²) < 4.78 is 33.6. The summed E-state index contributed by atoms with van der Waals surface area (Å²) in [5.41, 5.74) is 4.57. The van der Waals surface area contributed by atoms with Crippen molar-refractivity contribution in [2.45, 2.75) is 24.8 Å². The first kappa shape index (κ1) is 21.1. The van der Waals surface area contributed by atoms with Crippen LogP contribution in [0.2, 0.25) is 0 Å². The minimum atomic E-state index is -3.47. The lowest BCUT2D eigenvalue weighted by Crippen LogP contribution is -2.40. The van der Waals surface area contributed by atoms with Crippen molar-refractivity contribution in [1.29, 1.82) is 0 Å². The van der Waals surface area contributed by atoms with Crippen LogP contribution in [0.25, 0.3) is 0 Å². The monoisotopic (exact) mass is 442 g/mol. The predicted molar refractivity (Wildman–Crippen MR) is 121 cm³/mol. The molecule has 5 nitrogen and oxygen atoms in total. The molecule has 1 aliphatic rings. The first-order valence-corrected chi connectivity index (χ1v) is 12.6. The molecule has 2 aromatic carbocycles. The standard InChI is InChI=1S/C23H26N2O3S2/c1-28-22-8-4-5-18(13-22)17-30(26,27)24-14-23(21-10-12-29-16-21)25-11-9-19-6-2-3-7-20(19)15-25/h2-8,10,12-13,16,23-24H,9,11,14-15,17H2,1H3. The van der Waals surface area contributed by atoms with Gasteiger partial charge in [0.2, 0.25) is 10.0 Å². The number of methoxy groups -OCH3 is 1. The van der Waals surface area contributed by atoms with Crippen LogP contribution in [0.4, 0.5) is 0 Å². The van der Waals surface area contributed by atoms with Crippen LogP contribution < -0.4 is 9.46 Å². The van der Waals surface area contributed by atoms with E-state index >= 15 is 0 Å². The van der Waals surface area contributed by atoms with Crippen molar-refractivity contribution < 1.29 is 13.2 Å². The third-order valence-electron chi connectivity index (χ3n) is 5.52. The van der Waals surface area contributed by atoms with Crippen LogP contribution in [0.5, 0.6) is 5.75 Å². The van der Waals surface area contributed by atoms with Gasteiger partial charge in [0, 0.05) is 25.7 Å². The summed E-state index contributed by atoms with van der Waals surface area (Å²) in [4.78, 5) is 2.37. The molecule has 1 unspecified atom stereocenters. The highest BCUT2D eigenvalue weighted by Gasteiger charge is 2.26. The van der Waals surface area contributed by atoms with Crippen LogP contribution in [0, 0.1) is 0 Å². The summed E-state index contributed by atoms with van der Waals surface area (Å²) in [6.07, 6.45) is 0.980. The summed E-state index contributed by atoms with van der Waals surface area (Å²) in [7, 11) is -1.90. The zero-order valence-electron chi connectivity index (χ0n) is 17.0. The lowest BCUT2D eigenvalue weighted by molar-refractivity contribution is 0.180. The largest absolute Gasteiger partial charge is 0.497 e. The Morgan fingerprint density at radius 3 is 2.73 bits per heavy atom. The highest BCUT2D eigenvalue weighted by molar-refractivity contribution is 7.88. The molecule has 3 aromatic rings. The molecule has 0 aliphatic carbocycles. The van der Waals surface area contributed by atoms with Gasteiger partial charge in [-0.2, -0.15) is 11.3 Å². The van der Waals surface area contributed by atoms with Gasteiger partial charge in [-0.1, -0.05) is 36.4 Å². The maximum Gasteiger partial charge on any atom is 0.215 e. The lowest BCUT2D eigenvalue weighted by Gasteiger charge is -2.35. The smallest absolute Gasteiger partial charge is 0.215 e. The fraction of sp³-hybridized carbons (Fsp3) is 0.304. The summed E-state index contributed by atoms with van der Waals surface area (Å²) in [5.74, 6) is 0.592. The Hall–Kier alpha value is -2.19. The van der Waals surface area contributed by atoms with E-state index in [1.165, 1.54) is 11.1 Å². The van der Waals surface area contributed by atoms with E-state index in [4.69, 9.17) is 4.74 Å². The molecule has 7 heteroatoms. The number of fused-ring (bicyclic) bond motifs is 1. The topological polar surface area (TPSA) is 58.6 Å². The van der Waals surface area contributed by atoms with Gasteiger partial charge in [0.05, 0.1) is 12.9 Å². The van der Waals surface area contributed by atoms with E-state index in [2.05, 4.69) is 45.3 Å². The fourth-order valence-electron chi connectivity index (χ4n) is 3.94. The quantitative estimate of drug-likeness (QED) is 0.573. The highest BCUT2D eigenvalue weighted by Crippen LogP contribution is 2.29. The average Bonchev–Trinajstić information content (AvgIpc) is 3.28. The number of nitrogens with zero attached hydrogens (tertiary/aromatic N) is 1.